The Kier molecular flexibility index (Phi) is 4.88. The molecule has 0 saturated heterocycles. The van der Waals surface area contributed by atoms with Crippen LogP contribution in [0.1, 0.15) is 34.6 Å². The lowest BCUT2D eigenvalue weighted by molar-refractivity contribution is 0.353. The molecule has 2 aromatic rings. The first-order valence-electron chi connectivity index (χ1n) is 9.66. The molecule has 0 unspecified atom stereocenters. The van der Waals surface area contributed by atoms with Crippen LogP contribution in [0.2, 0.25) is 18.1 Å². The molecule has 1 aliphatic heterocycles. The molecule has 0 fully saturated rings. The first-order valence-corrected chi connectivity index (χ1v) is 12.6. The molecule has 0 spiro atoms. The average molecular weight is 385 g/mol. The molecular formula is C21H32N4OSi. The number of hydrogen-bond acceptors (Lipinski definition) is 4. The van der Waals surface area contributed by atoms with Crippen LogP contribution in [0.15, 0.2) is 42.4 Å². The minimum atomic E-state index is -1.90. The highest BCUT2D eigenvalue weighted by Crippen LogP contribution is 2.40. The number of hydrogen-bond donors (Lipinski definition) is 1. The Bertz CT molecular complexity index is 905. The Hall–Kier alpha value is -2.21. The number of rotatable bonds is 4. The second-order valence-corrected chi connectivity index (χ2v) is 13.5. The standard InChI is InChI=1S/C21H32N4OSi/c1-8-25-18-13-17(22)19(12-16(18)14-23-25)24-11-9-10-20(15(24)2)26-27(6,7)21(3,4)5/h9-15H,8,22H2,1-7H3/t15-/m0/s1. The summed E-state index contributed by atoms with van der Waals surface area (Å²) in [6, 6.07) is 4.24. The SMILES string of the molecule is CCn1ncc2cc(N3C=CC=C(O[Si](C)(C)C(C)(C)C)[C@@H]3C)c(N)cc21. The molecule has 3 rings (SSSR count). The van der Waals surface area contributed by atoms with Gasteiger partial charge >= 0.3 is 0 Å². The van der Waals surface area contributed by atoms with Crippen molar-refractivity contribution in [3.8, 4) is 0 Å². The summed E-state index contributed by atoms with van der Waals surface area (Å²) < 4.78 is 8.57. The van der Waals surface area contributed by atoms with E-state index >= 15 is 0 Å². The van der Waals surface area contributed by atoms with Gasteiger partial charge in [-0.05, 0) is 56.3 Å². The molecule has 6 heteroatoms. The van der Waals surface area contributed by atoms with E-state index in [1.807, 2.05) is 23.0 Å². The van der Waals surface area contributed by atoms with Crippen LogP contribution in [0.5, 0.6) is 0 Å². The molecule has 0 radical (unpaired) electrons. The molecule has 1 aromatic heterocycles. The maximum Gasteiger partial charge on any atom is 0.250 e. The van der Waals surface area contributed by atoms with E-state index in [4.69, 9.17) is 10.2 Å². The van der Waals surface area contributed by atoms with Crippen LogP contribution in [0, 0.1) is 0 Å². The van der Waals surface area contributed by atoms with Gasteiger partial charge in [-0.1, -0.05) is 20.8 Å². The van der Waals surface area contributed by atoms with Crippen molar-refractivity contribution in [2.75, 3.05) is 10.6 Å². The van der Waals surface area contributed by atoms with Crippen LogP contribution in [0.4, 0.5) is 11.4 Å². The van der Waals surface area contributed by atoms with E-state index < -0.39 is 8.32 Å². The Morgan fingerprint density at radius 1 is 1.26 bits per heavy atom. The summed E-state index contributed by atoms with van der Waals surface area (Å²) in [6.07, 6.45) is 8.11. The molecular weight excluding hydrogens is 352 g/mol. The van der Waals surface area contributed by atoms with Crippen molar-refractivity contribution in [2.24, 2.45) is 0 Å². The molecule has 146 valence electrons. The van der Waals surface area contributed by atoms with Crippen LogP contribution < -0.4 is 10.6 Å². The Labute approximate surface area is 163 Å². The number of anilines is 2. The van der Waals surface area contributed by atoms with E-state index in [0.717, 1.165) is 34.6 Å². The van der Waals surface area contributed by atoms with E-state index in [-0.39, 0.29) is 11.1 Å². The number of nitrogens with two attached hydrogens (primary N) is 1. The van der Waals surface area contributed by atoms with Crippen molar-refractivity contribution in [3.63, 3.8) is 0 Å². The Morgan fingerprint density at radius 2 is 1.96 bits per heavy atom. The quantitative estimate of drug-likeness (QED) is 0.576. The fourth-order valence-corrected chi connectivity index (χ4v) is 4.23. The van der Waals surface area contributed by atoms with Gasteiger partial charge in [-0.3, -0.25) is 4.68 Å². The van der Waals surface area contributed by atoms with Gasteiger partial charge in [0.25, 0.3) is 0 Å². The maximum atomic E-state index is 6.61. The second kappa shape index (κ2) is 6.75. The summed E-state index contributed by atoms with van der Waals surface area (Å²) in [6.45, 7) is 16.4. The molecule has 1 aromatic carbocycles. The highest BCUT2D eigenvalue weighted by atomic mass is 28.4. The van der Waals surface area contributed by atoms with Crippen molar-refractivity contribution in [3.05, 3.63) is 42.4 Å². The molecule has 2 heterocycles. The van der Waals surface area contributed by atoms with E-state index in [0.29, 0.717) is 0 Å². The van der Waals surface area contributed by atoms with Crippen LogP contribution in [0.3, 0.4) is 0 Å². The van der Waals surface area contributed by atoms with Gasteiger partial charge in [0.05, 0.1) is 29.1 Å². The van der Waals surface area contributed by atoms with Crippen molar-refractivity contribution in [2.45, 2.75) is 65.3 Å². The Balaban J connectivity index is 1.93. The zero-order chi connectivity index (χ0) is 20.0. The summed E-state index contributed by atoms with van der Waals surface area (Å²) in [5.74, 6) is 1.01. The van der Waals surface area contributed by atoms with Crippen molar-refractivity contribution in [1.29, 1.82) is 0 Å². The molecule has 0 bridgehead atoms. The largest absolute Gasteiger partial charge is 0.545 e. The average Bonchev–Trinajstić information content (AvgIpc) is 2.97. The molecule has 0 amide bonds. The number of nitrogen functional groups attached to an aromatic ring is 1. The fourth-order valence-electron chi connectivity index (χ4n) is 3.10. The number of fused-ring (bicyclic) bond motifs is 1. The topological polar surface area (TPSA) is 56.3 Å². The van der Waals surface area contributed by atoms with Crippen LogP contribution >= 0.6 is 0 Å². The lowest BCUT2D eigenvalue weighted by atomic mass is 10.1. The first kappa shape index (κ1) is 19.5. The number of benzene rings is 1. The summed E-state index contributed by atoms with van der Waals surface area (Å²) in [7, 11) is -1.90. The molecule has 5 nitrogen and oxygen atoms in total. The molecule has 2 N–H and O–H groups in total. The van der Waals surface area contributed by atoms with Gasteiger partial charge in [0.15, 0.2) is 0 Å². The van der Waals surface area contributed by atoms with Crippen LogP contribution in [0.25, 0.3) is 10.9 Å². The predicted molar refractivity (Wildman–Crippen MR) is 117 cm³/mol. The molecule has 0 aliphatic carbocycles. The third kappa shape index (κ3) is 3.50. The smallest absolute Gasteiger partial charge is 0.250 e. The van der Waals surface area contributed by atoms with Crippen molar-refractivity contribution in [1.82, 2.24) is 9.78 Å². The zero-order valence-electron chi connectivity index (χ0n) is 17.6. The van der Waals surface area contributed by atoms with E-state index in [9.17, 15) is 0 Å². The fraction of sp³-hybridized carbons (Fsp3) is 0.476. The van der Waals surface area contributed by atoms with Crippen LogP contribution in [-0.2, 0) is 11.0 Å². The summed E-state index contributed by atoms with van der Waals surface area (Å²) in [5.41, 5.74) is 9.25. The van der Waals surface area contributed by atoms with Gasteiger partial charge in [-0.25, -0.2) is 0 Å². The second-order valence-electron chi connectivity index (χ2n) is 8.79. The van der Waals surface area contributed by atoms with Gasteiger partial charge < -0.3 is 15.1 Å². The monoisotopic (exact) mass is 384 g/mol. The maximum absolute atomic E-state index is 6.61. The minimum Gasteiger partial charge on any atom is -0.545 e. The number of aromatic nitrogens is 2. The number of nitrogens with zero attached hydrogens (tertiary/aromatic N) is 3. The predicted octanol–water partition coefficient (Wildman–Crippen LogP) is 5.27. The summed E-state index contributed by atoms with van der Waals surface area (Å²) >= 11 is 0. The van der Waals surface area contributed by atoms with E-state index in [1.54, 1.807) is 0 Å². The minimum absolute atomic E-state index is 0.0881. The third-order valence-corrected chi connectivity index (χ3v) is 10.2. The number of aryl methyl sites for hydroxylation is 1. The molecule has 27 heavy (non-hydrogen) atoms. The third-order valence-electron chi connectivity index (χ3n) is 5.88. The summed E-state index contributed by atoms with van der Waals surface area (Å²) in [4.78, 5) is 2.19. The van der Waals surface area contributed by atoms with E-state index in [1.165, 1.54) is 0 Å². The molecule has 1 aliphatic rings. The van der Waals surface area contributed by atoms with E-state index in [2.05, 4.69) is 76.1 Å². The van der Waals surface area contributed by atoms with Crippen molar-refractivity contribution >= 4 is 30.6 Å². The lowest BCUT2D eigenvalue weighted by Gasteiger charge is -2.41. The first-order chi connectivity index (χ1) is 12.5. The lowest BCUT2D eigenvalue weighted by Crippen LogP contribution is -2.44. The number of allylic oxidation sites excluding steroid dienone is 2. The van der Waals surface area contributed by atoms with Gasteiger partial charge in [0, 0.05) is 18.1 Å². The zero-order valence-corrected chi connectivity index (χ0v) is 18.6. The Morgan fingerprint density at radius 3 is 2.59 bits per heavy atom. The highest BCUT2D eigenvalue weighted by molar-refractivity contribution is 6.74. The molecule has 0 saturated carbocycles. The van der Waals surface area contributed by atoms with Gasteiger partial charge in [0.1, 0.15) is 5.76 Å². The normalized spacial score (nSPS) is 18.1. The highest BCUT2D eigenvalue weighted by Gasteiger charge is 2.40. The molecule has 1 atom stereocenters. The van der Waals surface area contributed by atoms with Crippen molar-refractivity contribution < 1.29 is 4.43 Å². The van der Waals surface area contributed by atoms with Gasteiger partial charge in [0.2, 0.25) is 8.32 Å². The van der Waals surface area contributed by atoms with Crippen LogP contribution in [-0.4, -0.2) is 24.1 Å². The van der Waals surface area contributed by atoms with Gasteiger partial charge in [-0.2, -0.15) is 5.10 Å². The summed E-state index contributed by atoms with van der Waals surface area (Å²) in [5, 5.41) is 5.70. The van der Waals surface area contributed by atoms with Gasteiger partial charge in [-0.15, -0.1) is 0 Å².